The van der Waals surface area contributed by atoms with Gasteiger partial charge in [-0.05, 0) is 55.3 Å². The van der Waals surface area contributed by atoms with Crippen LogP contribution in [0.3, 0.4) is 0 Å². The molecule has 0 aromatic heterocycles. The third-order valence-electron chi connectivity index (χ3n) is 5.19. The summed E-state index contributed by atoms with van der Waals surface area (Å²) in [6, 6.07) is 14.3. The van der Waals surface area contributed by atoms with E-state index in [1.807, 2.05) is 19.2 Å². The Bertz CT molecular complexity index is 768. The molecule has 2 aromatic carbocycles. The molecule has 0 unspecified atom stereocenters. The fraction of sp³-hybridized carbons (Fsp3) is 0.409. The molecule has 0 bridgehead atoms. The van der Waals surface area contributed by atoms with Gasteiger partial charge in [-0.2, -0.15) is 0 Å². The van der Waals surface area contributed by atoms with Crippen molar-refractivity contribution >= 4 is 23.0 Å². The standard InChI is InChI=1S/C22H29N3O2/c1-17-5-4-6-21(18(17)2)24(3)12-11-22(26)23-19-7-9-20(10-8-19)25-13-15-27-16-14-25/h4-10H,11-16H2,1-3H3,(H,23,26). The third-order valence-corrected chi connectivity index (χ3v) is 5.19. The van der Waals surface area contributed by atoms with Gasteiger partial charge in [0, 0.05) is 50.2 Å². The molecular formula is C22H29N3O2. The Morgan fingerprint density at radius 1 is 1.11 bits per heavy atom. The van der Waals surface area contributed by atoms with Crippen LogP contribution in [0.2, 0.25) is 0 Å². The van der Waals surface area contributed by atoms with Crippen molar-refractivity contribution in [1.29, 1.82) is 0 Å². The molecule has 1 N–H and O–H groups in total. The second-order valence-corrected chi connectivity index (χ2v) is 7.09. The van der Waals surface area contributed by atoms with Crippen LogP contribution in [-0.2, 0) is 9.53 Å². The first-order valence-electron chi connectivity index (χ1n) is 9.54. The van der Waals surface area contributed by atoms with E-state index in [2.05, 4.69) is 59.3 Å². The number of amides is 1. The Morgan fingerprint density at radius 3 is 2.52 bits per heavy atom. The first-order chi connectivity index (χ1) is 13.0. The summed E-state index contributed by atoms with van der Waals surface area (Å²) in [6.45, 7) is 8.28. The fourth-order valence-corrected chi connectivity index (χ4v) is 3.34. The summed E-state index contributed by atoms with van der Waals surface area (Å²) in [7, 11) is 2.03. The summed E-state index contributed by atoms with van der Waals surface area (Å²) in [4.78, 5) is 16.8. The van der Waals surface area contributed by atoms with Gasteiger partial charge in [-0.3, -0.25) is 4.79 Å². The average molecular weight is 367 g/mol. The van der Waals surface area contributed by atoms with Crippen LogP contribution in [0.4, 0.5) is 17.1 Å². The van der Waals surface area contributed by atoms with E-state index >= 15 is 0 Å². The molecule has 27 heavy (non-hydrogen) atoms. The highest BCUT2D eigenvalue weighted by Gasteiger charge is 2.12. The minimum absolute atomic E-state index is 0.0336. The van der Waals surface area contributed by atoms with Crippen LogP contribution in [0.1, 0.15) is 17.5 Å². The molecule has 0 spiro atoms. The lowest BCUT2D eigenvalue weighted by atomic mass is 10.1. The number of anilines is 3. The molecule has 0 aliphatic carbocycles. The summed E-state index contributed by atoms with van der Waals surface area (Å²) in [6.07, 6.45) is 0.453. The van der Waals surface area contributed by atoms with E-state index in [9.17, 15) is 4.79 Å². The Balaban J connectivity index is 1.51. The summed E-state index contributed by atoms with van der Waals surface area (Å²) in [5.41, 5.74) is 5.72. The molecule has 144 valence electrons. The van der Waals surface area contributed by atoms with Crippen molar-refractivity contribution in [3.05, 3.63) is 53.6 Å². The lowest BCUT2D eigenvalue weighted by Gasteiger charge is -2.28. The predicted octanol–water partition coefficient (Wildman–Crippen LogP) is 3.61. The van der Waals surface area contributed by atoms with Crippen molar-refractivity contribution in [3.8, 4) is 0 Å². The highest BCUT2D eigenvalue weighted by molar-refractivity contribution is 5.91. The Morgan fingerprint density at radius 2 is 1.81 bits per heavy atom. The van der Waals surface area contributed by atoms with Gasteiger partial charge in [-0.15, -0.1) is 0 Å². The number of nitrogens with one attached hydrogen (secondary N) is 1. The number of hydrogen-bond acceptors (Lipinski definition) is 4. The molecule has 5 nitrogen and oxygen atoms in total. The van der Waals surface area contributed by atoms with Gasteiger partial charge in [-0.25, -0.2) is 0 Å². The molecule has 5 heteroatoms. The fourth-order valence-electron chi connectivity index (χ4n) is 3.34. The van der Waals surface area contributed by atoms with Gasteiger partial charge in [0.2, 0.25) is 5.91 Å². The highest BCUT2D eigenvalue weighted by atomic mass is 16.5. The second-order valence-electron chi connectivity index (χ2n) is 7.09. The largest absolute Gasteiger partial charge is 0.378 e. The lowest BCUT2D eigenvalue weighted by Crippen LogP contribution is -2.36. The Hall–Kier alpha value is -2.53. The van der Waals surface area contributed by atoms with E-state index in [4.69, 9.17) is 4.74 Å². The molecular weight excluding hydrogens is 338 g/mol. The van der Waals surface area contributed by atoms with Gasteiger partial charge in [0.05, 0.1) is 13.2 Å². The van der Waals surface area contributed by atoms with Crippen molar-refractivity contribution in [2.24, 2.45) is 0 Å². The van der Waals surface area contributed by atoms with Gasteiger partial charge < -0.3 is 19.9 Å². The summed E-state index contributed by atoms with van der Waals surface area (Å²) in [5, 5.41) is 3.00. The summed E-state index contributed by atoms with van der Waals surface area (Å²) >= 11 is 0. The number of nitrogens with zero attached hydrogens (tertiary/aromatic N) is 2. The molecule has 1 aliphatic rings. The van der Waals surface area contributed by atoms with Gasteiger partial charge in [0.15, 0.2) is 0 Å². The van der Waals surface area contributed by atoms with Crippen molar-refractivity contribution in [3.63, 3.8) is 0 Å². The average Bonchev–Trinajstić information content (AvgIpc) is 2.69. The Labute approximate surface area is 161 Å². The van der Waals surface area contributed by atoms with E-state index in [0.29, 0.717) is 13.0 Å². The summed E-state index contributed by atoms with van der Waals surface area (Å²) < 4.78 is 5.39. The SMILES string of the molecule is Cc1cccc(N(C)CCC(=O)Nc2ccc(N3CCOCC3)cc2)c1C. The summed E-state index contributed by atoms with van der Waals surface area (Å²) in [5.74, 6) is 0.0336. The van der Waals surface area contributed by atoms with Crippen molar-refractivity contribution in [1.82, 2.24) is 0 Å². The van der Waals surface area contributed by atoms with Crippen molar-refractivity contribution in [2.45, 2.75) is 20.3 Å². The molecule has 1 aliphatic heterocycles. The van der Waals surface area contributed by atoms with Crippen LogP contribution in [0.15, 0.2) is 42.5 Å². The molecule has 1 saturated heterocycles. The van der Waals surface area contributed by atoms with Crippen LogP contribution in [0.5, 0.6) is 0 Å². The van der Waals surface area contributed by atoms with E-state index in [-0.39, 0.29) is 5.91 Å². The monoisotopic (exact) mass is 367 g/mol. The number of ether oxygens (including phenoxy) is 1. The molecule has 0 radical (unpaired) electrons. The van der Waals surface area contributed by atoms with Crippen molar-refractivity contribution < 1.29 is 9.53 Å². The van der Waals surface area contributed by atoms with E-state index in [1.165, 1.54) is 22.5 Å². The van der Waals surface area contributed by atoms with Crippen molar-refractivity contribution in [2.75, 3.05) is 55.0 Å². The lowest BCUT2D eigenvalue weighted by molar-refractivity contribution is -0.116. The van der Waals surface area contributed by atoms with Crippen LogP contribution in [0.25, 0.3) is 0 Å². The molecule has 2 aromatic rings. The van der Waals surface area contributed by atoms with Gasteiger partial charge in [0.25, 0.3) is 0 Å². The number of carbonyl (C=O) groups excluding carboxylic acids is 1. The number of morpholine rings is 1. The number of benzene rings is 2. The zero-order valence-electron chi connectivity index (χ0n) is 16.5. The quantitative estimate of drug-likeness (QED) is 0.847. The number of hydrogen-bond donors (Lipinski definition) is 1. The van der Waals surface area contributed by atoms with Gasteiger partial charge >= 0.3 is 0 Å². The maximum absolute atomic E-state index is 12.3. The van der Waals surface area contributed by atoms with E-state index in [0.717, 1.165) is 32.0 Å². The first-order valence-corrected chi connectivity index (χ1v) is 9.54. The van der Waals surface area contributed by atoms with Crippen LogP contribution >= 0.6 is 0 Å². The molecule has 0 saturated carbocycles. The van der Waals surface area contributed by atoms with Gasteiger partial charge in [-0.1, -0.05) is 12.1 Å². The Kier molecular flexibility index (Phi) is 6.35. The maximum Gasteiger partial charge on any atom is 0.226 e. The van der Waals surface area contributed by atoms with Crippen LogP contribution < -0.4 is 15.1 Å². The number of carbonyl (C=O) groups is 1. The second kappa shape index (κ2) is 8.91. The highest BCUT2D eigenvalue weighted by Crippen LogP contribution is 2.22. The first kappa shape index (κ1) is 19.2. The molecule has 3 rings (SSSR count). The minimum atomic E-state index is 0.0336. The van der Waals surface area contributed by atoms with Crippen LogP contribution in [-0.4, -0.2) is 45.8 Å². The number of aryl methyl sites for hydroxylation is 1. The topological polar surface area (TPSA) is 44.8 Å². The smallest absolute Gasteiger partial charge is 0.226 e. The molecule has 1 heterocycles. The zero-order chi connectivity index (χ0) is 19.2. The van der Waals surface area contributed by atoms with E-state index < -0.39 is 0 Å². The zero-order valence-corrected chi connectivity index (χ0v) is 16.5. The van der Waals surface area contributed by atoms with E-state index in [1.54, 1.807) is 0 Å². The maximum atomic E-state index is 12.3. The normalized spacial score (nSPS) is 14.1. The minimum Gasteiger partial charge on any atom is -0.378 e. The third kappa shape index (κ3) is 5.01. The molecule has 0 atom stereocenters. The number of rotatable bonds is 6. The molecule has 1 fully saturated rings. The van der Waals surface area contributed by atoms with Gasteiger partial charge in [0.1, 0.15) is 0 Å². The predicted molar refractivity (Wildman–Crippen MR) is 112 cm³/mol. The van der Waals surface area contributed by atoms with Crippen LogP contribution in [0, 0.1) is 13.8 Å². The molecule has 1 amide bonds.